The highest BCUT2D eigenvalue weighted by Crippen LogP contribution is 2.32. The lowest BCUT2D eigenvalue weighted by atomic mass is 10.1. The van der Waals surface area contributed by atoms with Gasteiger partial charge in [-0.25, -0.2) is 4.79 Å². The number of hydrogen-bond donors (Lipinski definition) is 4. The lowest BCUT2D eigenvalue weighted by Crippen LogP contribution is -2.23. The lowest BCUT2D eigenvalue weighted by Gasteiger charge is -2.18. The maximum Gasteiger partial charge on any atom is 0.338 e. The maximum atomic E-state index is 13.4. The fourth-order valence-electron chi connectivity index (χ4n) is 4.17. The number of nitrogens with two attached hydrogens (primary N) is 1. The topological polar surface area (TPSA) is 167 Å². The van der Waals surface area contributed by atoms with Gasteiger partial charge in [0.25, 0.3) is 11.8 Å². The number of rotatable bonds is 16. The summed E-state index contributed by atoms with van der Waals surface area (Å²) in [6.07, 6.45) is 1.00. The van der Waals surface area contributed by atoms with Gasteiger partial charge in [-0.3, -0.25) is 14.4 Å². The minimum Gasteiger partial charge on any atom is -0.491 e. The predicted octanol–water partition coefficient (Wildman–Crippen LogP) is 7.07. The van der Waals surface area contributed by atoms with E-state index >= 15 is 0 Å². The number of esters is 1. The van der Waals surface area contributed by atoms with Crippen LogP contribution in [0.3, 0.4) is 0 Å². The molecule has 3 amide bonds. The van der Waals surface area contributed by atoms with Gasteiger partial charge in [0, 0.05) is 11.1 Å². The van der Waals surface area contributed by atoms with Gasteiger partial charge in [-0.1, -0.05) is 40.3 Å². The van der Waals surface area contributed by atoms with Crippen molar-refractivity contribution < 1.29 is 38.1 Å². The summed E-state index contributed by atoms with van der Waals surface area (Å²) in [4.78, 5) is 51.1. The zero-order chi connectivity index (χ0) is 37.4. The van der Waals surface area contributed by atoms with Crippen LogP contribution in [0.25, 0.3) is 0 Å². The maximum absolute atomic E-state index is 13.4. The van der Waals surface area contributed by atoms with E-state index in [2.05, 4.69) is 22.5 Å². The highest BCUT2D eigenvalue weighted by atomic mass is 16.5. The van der Waals surface area contributed by atoms with Crippen LogP contribution in [0.2, 0.25) is 0 Å². The van der Waals surface area contributed by atoms with E-state index in [1.54, 1.807) is 30.3 Å². The summed E-state index contributed by atoms with van der Waals surface area (Å²) in [5.41, 5.74) is 7.29. The Labute approximate surface area is 294 Å². The Balaban J connectivity index is 0.00000425. The minimum atomic E-state index is -0.552. The Hall–Kier alpha value is -5.36. The van der Waals surface area contributed by atoms with Gasteiger partial charge in [-0.15, -0.1) is 0 Å². The molecule has 0 aromatic heterocycles. The number of hydrogen-bond acceptors (Lipinski definition) is 9. The van der Waals surface area contributed by atoms with Crippen molar-refractivity contribution in [3.63, 3.8) is 0 Å². The van der Waals surface area contributed by atoms with Crippen molar-refractivity contribution in [3.05, 3.63) is 83.9 Å². The molecule has 0 saturated heterocycles. The second-order valence-electron chi connectivity index (χ2n) is 11.7. The Kier molecular flexibility index (Phi) is 16.5. The molecular weight excluding hydrogens is 640 g/mol. The van der Waals surface area contributed by atoms with Gasteiger partial charge in [0.05, 0.1) is 48.0 Å². The molecule has 3 aromatic rings. The molecule has 50 heavy (non-hydrogen) atoms. The van der Waals surface area contributed by atoms with Gasteiger partial charge in [-0.05, 0) is 88.2 Å². The zero-order valence-electron chi connectivity index (χ0n) is 30.2. The molecule has 0 atom stereocenters. The fourth-order valence-corrected chi connectivity index (χ4v) is 4.17. The Morgan fingerprint density at radius 2 is 1.14 bits per heavy atom. The van der Waals surface area contributed by atoms with Crippen molar-refractivity contribution in [2.45, 2.75) is 67.6 Å². The number of anilines is 3. The molecule has 0 saturated carbocycles. The molecule has 0 heterocycles. The first-order valence-corrected chi connectivity index (χ1v) is 16.6. The smallest absolute Gasteiger partial charge is 0.338 e. The van der Waals surface area contributed by atoms with E-state index in [-0.39, 0.29) is 53.7 Å². The molecule has 0 fully saturated rings. The highest BCUT2D eigenvalue weighted by molar-refractivity contribution is 6.08. The molecule has 12 heteroatoms. The van der Waals surface area contributed by atoms with Crippen LogP contribution in [0.15, 0.2) is 67.3 Å². The van der Waals surface area contributed by atoms with Gasteiger partial charge < -0.3 is 40.6 Å². The van der Waals surface area contributed by atoms with E-state index in [9.17, 15) is 19.2 Å². The zero-order valence-corrected chi connectivity index (χ0v) is 30.2. The average molecular weight is 691 g/mol. The van der Waals surface area contributed by atoms with Crippen molar-refractivity contribution >= 4 is 40.8 Å². The van der Waals surface area contributed by atoms with Crippen molar-refractivity contribution in [3.8, 4) is 17.2 Å². The quantitative estimate of drug-likeness (QED) is 0.0908. The Bertz CT molecular complexity index is 1630. The van der Waals surface area contributed by atoms with E-state index in [0.717, 1.165) is 0 Å². The molecule has 12 nitrogen and oxygen atoms in total. The second-order valence-corrected chi connectivity index (χ2v) is 11.7. The molecule has 3 aromatic carbocycles. The third-order valence-electron chi connectivity index (χ3n) is 6.29. The van der Waals surface area contributed by atoms with Gasteiger partial charge >= 0.3 is 5.97 Å². The summed E-state index contributed by atoms with van der Waals surface area (Å²) < 4.78 is 22.9. The molecule has 0 spiro atoms. The number of nitrogens with one attached hydrogen (secondary N) is 3. The summed E-state index contributed by atoms with van der Waals surface area (Å²) in [5, 5.41) is 8.36. The van der Waals surface area contributed by atoms with E-state index in [1.807, 2.05) is 55.4 Å². The second kappa shape index (κ2) is 20.2. The van der Waals surface area contributed by atoms with Crippen LogP contribution in [0.1, 0.15) is 86.5 Å². The van der Waals surface area contributed by atoms with Crippen LogP contribution >= 0.6 is 0 Å². The van der Waals surface area contributed by atoms with Gasteiger partial charge in [0.1, 0.15) is 23.9 Å². The van der Waals surface area contributed by atoms with Crippen molar-refractivity contribution in [1.29, 1.82) is 0 Å². The summed E-state index contributed by atoms with van der Waals surface area (Å²) in [7, 11) is 0. The molecule has 270 valence electrons. The van der Waals surface area contributed by atoms with Crippen molar-refractivity contribution in [2.24, 2.45) is 11.7 Å². The van der Waals surface area contributed by atoms with Gasteiger partial charge in [0.15, 0.2) is 0 Å². The number of carbonyl (C=O) groups is 4. The molecule has 0 aliphatic heterocycles. The first-order valence-electron chi connectivity index (χ1n) is 16.6. The Morgan fingerprint density at radius 3 is 1.60 bits per heavy atom. The van der Waals surface area contributed by atoms with E-state index in [1.165, 1.54) is 30.3 Å². The molecule has 0 aliphatic carbocycles. The fraction of sp³-hybridized carbons (Fsp3) is 0.368. The third kappa shape index (κ3) is 12.6. The number of amides is 3. The summed E-state index contributed by atoms with van der Waals surface area (Å²) in [6.45, 7) is 19.0. The van der Waals surface area contributed by atoms with Crippen molar-refractivity contribution in [1.82, 2.24) is 0 Å². The van der Waals surface area contributed by atoms with E-state index in [4.69, 9.17) is 24.7 Å². The van der Waals surface area contributed by atoms with Crippen LogP contribution in [-0.2, 0) is 9.53 Å². The monoisotopic (exact) mass is 690 g/mol. The summed E-state index contributed by atoms with van der Waals surface area (Å²) >= 11 is 0. The molecule has 0 aliphatic rings. The molecule has 3 rings (SSSR count). The molecule has 0 bridgehead atoms. The number of carbonyl (C=O) groups excluding carboxylic acids is 4. The normalized spacial score (nSPS) is 10.5. The van der Waals surface area contributed by atoms with Gasteiger partial charge in [0.2, 0.25) is 5.91 Å². The molecular formula is C38H50N4O8. The first kappa shape index (κ1) is 40.8. The lowest BCUT2D eigenvalue weighted by molar-refractivity contribution is -0.114. The highest BCUT2D eigenvalue weighted by Gasteiger charge is 2.19. The van der Waals surface area contributed by atoms with E-state index in [0.29, 0.717) is 35.2 Å². The van der Waals surface area contributed by atoms with Gasteiger partial charge in [-0.2, -0.15) is 0 Å². The summed E-state index contributed by atoms with van der Waals surface area (Å²) in [6, 6.07) is 13.9. The third-order valence-corrected chi connectivity index (χ3v) is 6.29. The van der Waals surface area contributed by atoms with Crippen LogP contribution in [0.5, 0.6) is 17.2 Å². The van der Waals surface area contributed by atoms with Crippen LogP contribution in [0.4, 0.5) is 17.1 Å². The molecule has 5 N–H and O–H groups in total. The number of benzene rings is 3. The molecule has 0 radical (unpaired) electrons. The first-order chi connectivity index (χ1) is 23.8. The van der Waals surface area contributed by atoms with Crippen molar-refractivity contribution in [2.75, 3.05) is 35.7 Å². The SMILES string of the molecule is C=CCOC(=O)c1ccc(NC(=O)c2ccc(NC(=O)c3ccc(NC(=O)CN)c(OC(C)C)c3)c(OCC(C)C)c2)c(OC(C)C)c1.CC. The largest absolute Gasteiger partial charge is 0.491 e. The number of ether oxygens (including phenoxy) is 4. The Morgan fingerprint density at radius 1 is 0.700 bits per heavy atom. The molecule has 0 unspecified atom stereocenters. The predicted molar refractivity (Wildman–Crippen MR) is 197 cm³/mol. The van der Waals surface area contributed by atoms with E-state index < -0.39 is 23.7 Å². The average Bonchev–Trinajstić information content (AvgIpc) is 3.08. The standard InChI is InChI=1S/C36H44N4O8.C2H6/c1-8-15-45-36(44)26-11-14-29(32(18-26)48-23(6)7)40-34(42)24-9-12-27(30(16-24)46-20-21(2)3)39-35(43)25-10-13-28(38-33(41)19-37)31(17-25)47-22(4)5;1-2/h8-14,16-18,21-23H,1,15,19-20,37H2,2-7H3,(H,38,41)(H,39,43)(H,40,42);1-2H3. The minimum absolute atomic E-state index is 0.0596. The van der Waals surface area contributed by atoms with Crippen LogP contribution in [0, 0.1) is 5.92 Å². The summed E-state index contributed by atoms with van der Waals surface area (Å²) in [5.74, 6) is -0.839. The van der Waals surface area contributed by atoms with Crippen LogP contribution < -0.4 is 35.9 Å². The van der Waals surface area contributed by atoms with Crippen LogP contribution in [-0.4, -0.2) is 55.7 Å².